The van der Waals surface area contributed by atoms with Crippen LogP contribution in [-0.4, -0.2) is 23.4 Å². The van der Waals surface area contributed by atoms with Crippen molar-refractivity contribution in [2.45, 2.75) is 25.3 Å². The van der Waals surface area contributed by atoms with Crippen LogP contribution < -0.4 is 0 Å². The van der Waals surface area contributed by atoms with Crippen LogP contribution in [-0.2, 0) is 0 Å². The summed E-state index contributed by atoms with van der Waals surface area (Å²) >= 11 is 0. The molecule has 0 spiro atoms. The van der Waals surface area contributed by atoms with Crippen molar-refractivity contribution in [3.63, 3.8) is 0 Å². The molecule has 0 unspecified atom stereocenters. The van der Waals surface area contributed by atoms with Gasteiger partial charge in [0.2, 0.25) is 0 Å². The average Bonchev–Trinajstić information content (AvgIpc) is 2.05. The van der Waals surface area contributed by atoms with Crippen molar-refractivity contribution in [2.75, 3.05) is 6.54 Å². The molecule has 10 heavy (non-hydrogen) atoms. The summed E-state index contributed by atoms with van der Waals surface area (Å²) in [6, 6.07) is -0.306. The zero-order valence-corrected chi connectivity index (χ0v) is 5.64. The molecule has 1 saturated heterocycles. The molecule has 0 bridgehead atoms. The van der Waals surface area contributed by atoms with Gasteiger partial charge >= 0.3 is 0 Å². The lowest BCUT2D eigenvalue weighted by Gasteiger charge is -2.10. The molecule has 2 nitrogen and oxygen atoms in total. The first kappa shape index (κ1) is 7.26. The molecule has 0 radical (unpaired) electrons. The fourth-order valence-electron chi connectivity index (χ4n) is 1.15. The maximum atomic E-state index is 12.4. The number of hydrogen-bond donors (Lipinski definition) is 0. The van der Waals surface area contributed by atoms with Crippen molar-refractivity contribution in [1.82, 2.24) is 4.90 Å². The third-order valence-electron chi connectivity index (χ3n) is 1.66. The lowest BCUT2D eigenvalue weighted by molar-refractivity contribution is 0.0160. The smallest absolute Gasteiger partial charge is 0.268 e. The molecule has 1 aliphatic heterocycles. The number of alkyl halides is 2. The minimum atomic E-state index is -2.66. The number of hydrogen-bond acceptors (Lipinski definition) is 2. The fourth-order valence-corrected chi connectivity index (χ4v) is 1.15. The van der Waals surface area contributed by atoms with Gasteiger partial charge in [0.15, 0.2) is 6.19 Å². The second kappa shape index (κ2) is 2.08. The van der Waals surface area contributed by atoms with Gasteiger partial charge in [0.25, 0.3) is 5.92 Å². The van der Waals surface area contributed by atoms with Crippen molar-refractivity contribution in [1.29, 1.82) is 5.26 Å². The Kier molecular flexibility index (Phi) is 1.51. The molecule has 1 fully saturated rings. The van der Waals surface area contributed by atoms with Crippen LogP contribution in [0.4, 0.5) is 8.78 Å². The molecule has 0 saturated carbocycles. The third kappa shape index (κ3) is 1.18. The van der Waals surface area contributed by atoms with E-state index in [1.54, 1.807) is 13.1 Å². The molecule has 0 aromatic heterocycles. The Balaban J connectivity index is 2.63. The van der Waals surface area contributed by atoms with Crippen LogP contribution in [0.2, 0.25) is 0 Å². The van der Waals surface area contributed by atoms with Gasteiger partial charge in [-0.05, 0) is 6.92 Å². The van der Waals surface area contributed by atoms with Gasteiger partial charge in [0.05, 0.1) is 6.54 Å². The van der Waals surface area contributed by atoms with Crippen molar-refractivity contribution in [3.05, 3.63) is 0 Å². The average molecular weight is 146 g/mol. The van der Waals surface area contributed by atoms with E-state index < -0.39 is 12.5 Å². The van der Waals surface area contributed by atoms with E-state index in [0.717, 1.165) is 4.90 Å². The van der Waals surface area contributed by atoms with E-state index in [2.05, 4.69) is 0 Å². The first-order valence-electron chi connectivity index (χ1n) is 3.09. The Morgan fingerprint density at radius 3 is 2.50 bits per heavy atom. The summed E-state index contributed by atoms with van der Waals surface area (Å²) in [5.74, 6) is -2.66. The molecule has 0 N–H and O–H groups in total. The van der Waals surface area contributed by atoms with Gasteiger partial charge < -0.3 is 4.90 Å². The highest BCUT2D eigenvalue weighted by atomic mass is 19.3. The second-order valence-electron chi connectivity index (χ2n) is 2.64. The fraction of sp³-hybridized carbons (Fsp3) is 0.833. The first-order chi connectivity index (χ1) is 4.55. The zero-order valence-electron chi connectivity index (χ0n) is 5.64. The van der Waals surface area contributed by atoms with Crippen LogP contribution in [0, 0.1) is 11.5 Å². The molecule has 0 aromatic carbocycles. The standard InChI is InChI=1S/C6H8F2N2/c1-5-2-6(7,8)3-10(5)4-9/h5H,2-3H2,1H3/t5-/m0/s1. The van der Waals surface area contributed by atoms with E-state index in [9.17, 15) is 8.78 Å². The molecule has 1 aliphatic rings. The summed E-state index contributed by atoms with van der Waals surface area (Å²) in [5, 5.41) is 8.31. The van der Waals surface area contributed by atoms with E-state index in [4.69, 9.17) is 5.26 Å². The highest BCUT2D eigenvalue weighted by Crippen LogP contribution is 2.30. The SMILES string of the molecule is C[C@H]1CC(F)(F)CN1C#N. The molecule has 0 aliphatic carbocycles. The molecule has 1 heterocycles. The topological polar surface area (TPSA) is 27.0 Å². The van der Waals surface area contributed by atoms with E-state index in [-0.39, 0.29) is 12.5 Å². The molecular formula is C6H8F2N2. The van der Waals surface area contributed by atoms with E-state index >= 15 is 0 Å². The normalized spacial score (nSPS) is 30.2. The zero-order chi connectivity index (χ0) is 7.78. The number of nitriles is 1. The Bertz CT molecular complexity index is 173. The summed E-state index contributed by atoms with van der Waals surface area (Å²) in [6.45, 7) is 1.22. The van der Waals surface area contributed by atoms with Crippen LogP contribution in [0.1, 0.15) is 13.3 Å². The maximum Gasteiger partial charge on any atom is 0.268 e. The Morgan fingerprint density at radius 2 is 2.30 bits per heavy atom. The lowest BCUT2D eigenvalue weighted by Crippen LogP contribution is -2.23. The van der Waals surface area contributed by atoms with Gasteiger partial charge in [-0.15, -0.1) is 0 Å². The maximum absolute atomic E-state index is 12.4. The summed E-state index contributed by atoms with van der Waals surface area (Å²) in [5.41, 5.74) is 0. The van der Waals surface area contributed by atoms with Crippen LogP contribution >= 0.6 is 0 Å². The van der Waals surface area contributed by atoms with E-state index in [1.807, 2.05) is 0 Å². The molecule has 4 heteroatoms. The molecule has 0 amide bonds. The Labute approximate surface area is 58.0 Å². The predicted molar refractivity (Wildman–Crippen MR) is 31.3 cm³/mol. The van der Waals surface area contributed by atoms with Crippen molar-refractivity contribution >= 4 is 0 Å². The Morgan fingerprint density at radius 1 is 1.70 bits per heavy atom. The van der Waals surface area contributed by atoms with Crippen molar-refractivity contribution < 1.29 is 8.78 Å². The lowest BCUT2D eigenvalue weighted by atomic mass is 10.2. The summed E-state index contributed by atoms with van der Waals surface area (Å²) < 4.78 is 24.9. The van der Waals surface area contributed by atoms with Gasteiger partial charge in [-0.1, -0.05) is 0 Å². The highest BCUT2D eigenvalue weighted by Gasteiger charge is 2.42. The monoisotopic (exact) mass is 146 g/mol. The van der Waals surface area contributed by atoms with Gasteiger partial charge in [0, 0.05) is 12.5 Å². The van der Waals surface area contributed by atoms with Crippen LogP contribution in [0.3, 0.4) is 0 Å². The number of nitrogens with zero attached hydrogens (tertiary/aromatic N) is 2. The van der Waals surface area contributed by atoms with E-state index in [1.165, 1.54) is 0 Å². The van der Waals surface area contributed by atoms with Crippen molar-refractivity contribution in [3.8, 4) is 6.19 Å². The quantitative estimate of drug-likeness (QED) is 0.480. The summed E-state index contributed by atoms with van der Waals surface area (Å²) in [4.78, 5) is 1.11. The largest absolute Gasteiger partial charge is 0.302 e. The van der Waals surface area contributed by atoms with Gasteiger partial charge in [-0.2, -0.15) is 5.26 Å². The number of rotatable bonds is 0. The van der Waals surface area contributed by atoms with Crippen LogP contribution in [0.15, 0.2) is 0 Å². The molecular weight excluding hydrogens is 138 g/mol. The second-order valence-corrected chi connectivity index (χ2v) is 2.64. The highest BCUT2D eigenvalue weighted by molar-refractivity contribution is 4.94. The molecule has 1 rings (SSSR count). The van der Waals surface area contributed by atoms with Gasteiger partial charge in [-0.3, -0.25) is 0 Å². The van der Waals surface area contributed by atoms with Crippen LogP contribution in [0.25, 0.3) is 0 Å². The summed E-state index contributed by atoms with van der Waals surface area (Å²) in [7, 11) is 0. The summed E-state index contributed by atoms with van der Waals surface area (Å²) in [6.07, 6.45) is 1.53. The molecule has 56 valence electrons. The molecule has 0 aromatic rings. The minimum absolute atomic E-state index is 0.194. The Hall–Kier alpha value is -0.850. The van der Waals surface area contributed by atoms with Crippen LogP contribution in [0.5, 0.6) is 0 Å². The van der Waals surface area contributed by atoms with Gasteiger partial charge in [0.1, 0.15) is 0 Å². The van der Waals surface area contributed by atoms with E-state index in [0.29, 0.717) is 0 Å². The minimum Gasteiger partial charge on any atom is -0.302 e. The van der Waals surface area contributed by atoms with Gasteiger partial charge in [-0.25, -0.2) is 8.78 Å². The molecule has 1 atom stereocenters. The predicted octanol–water partition coefficient (Wildman–Crippen LogP) is 1.20. The number of halogens is 2. The third-order valence-corrected chi connectivity index (χ3v) is 1.66. The first-order valence-corrected chi connectivity index (χ1v) is 3.09. The number of likely N-dealkylation sites (tertiary alicyclic amines) is 1. The van der Waals surface area contributed by atoms with Crippen molar-refractivity contribution in [2.24, 2.45) is 0 Å².